The summed E-state index contributed by atoms with van der Waals surface area (Å²) in [5, 5.41) is 12.3. The van der Waals surface area contributed by atoms with Crippen LogP contribution >= 0.6 is 11.3 Å². The van der Waals surface area contributed by atoms with Gasteiger partial charge in [-0.05, 0) is 49.3 Å². The van der Waals surface area contributed by atoms with E-state index >= 15 is 0 Å². The van der Waals surface area contributed by atoms with Gasteiger partial charge in [-0.25, -0.2) is 0 Å². The summed E-state index contributed by atoms with van der Waals surface area (Å²) in [6.07, 6.45) is 1.73. The van der Waals surface area contributed by atoms with Gasteiger partial charge in [0.05, 0.1) is 0 Å². The van der Waals surface area contributed by atoms with Crippen molar-refractivity contribution in [1.82, 2.24) is 15.1 Å². The van der Waals surface area contributed by atoms with E-state index in [1.165, 1.54) is 0 Å². The number of aromatic nitrogens is 2. The highest BCUT2D eigenvalue weighted by Gasteiger charge is 2.34. The molecule has 1 saturated heterocycles. The Kier molecular flexibility index (Phi) is 4.94. The van der Waals surface area contributed by atoms with Gasteiger partial charge in [0.1, 0.15) is 11.8 Å². The number of amides is 1. The van der Waals surface area contributed by atoms with Gasteiger partial charge in [-0.2, -0.15) is 11.3 Å². The monoisotopic (exact) mass is 383 g/mol. The molecule has 6 nitrogen and oxygen atoms in total. The summed E-state index contributed by atoms with van der Waals surface area (Å²) in [6.45, 7) is 4.65. The second-order valence-corrected chi connectivity index (χ2v) is 7.49. The summed E-state index contributed by atoms with van der Waals surface area (Å²) in [5.74, 6) is 1.71. The number of carbonyl (C=O) groups excluding carboxylic acids is 1. The predicted octanol–water partition coefficient (Wildman–Crippen LogP) is 4.16. The Balaban J connectivity index is 1.46. The minimum atomic E-state index is -0.182. The molecule has 0 aliphatic carbocycles. The normalized spacial score (nSPS) is 16.7. The lowest BCUT2D eigenvalue weighted by Crippen LogP contribution is -2.34. The average Bonchev–Trinajstić information content (AvgIpc) is 3.40. The lowest BCUT2D eigenvalue weighted by atomic mass is 10.1. The number of nitrogens with zero attached hydrogens (tertiary/aromatic N) is 3. The smallest absolute Gasteiger partial charge is 0.261 e. The number of benzene rings is 1. The van der Waals surface area contributed by atoms with Gasteiger partial charge in [-0.3, -0.25) is 4.79 Å². The summed E-state index contributed by atoms with van der Waals surface area (Å²) >= 11 is 1.58. The molecule has 0 saturated carbocycles. The van der Waals surface area contributed by atoms with Crippen LogP contribution in [0.3, 0.4) is 0 Å². The molecule has 1 aliphatic rings. The summed E-state index contributed by atoms with van der Waals surface area (Å²) in [6, 6.07) is 7.71. The number of aryl methyl sites for hydroxylation is 2. The van der Waals surface area contributed by atoms with Crippen LogP contribution in [0.1, 0.15) is 35.9 Å². The first-order valence-corrected chi connectivity index (χ1v) is 9.92. The van der Waals surface area contributed by atoms with Crippen molar-refractivity contribution in [2.75, 3.05) is 13.2 Å². The number of carbonyl (C=O) groups is 1. The fraction of sp³-hybridized carbons (Fsp3) is 0.350. The van der Waals surface area contributed by atoms with Crippen LogP contribution in [0.25, 0.3) is 11.5 Å². The standard InChI is InChI=1S/C20H21N3O3S/c1-13-5-3-6-14(2)18(13)25-11-17(24)23-9-4-7-16(23)20-22-21-19(26-20)15-8-10-27-12-15/h3,5-6,8,10,12,16H,4,7,9,11H2,1-2H3. The van der Waals surface area contributed by atoms with Gasteiger partial charge in [0.25, 0.3) is 5.91 Å². The molecular weight excluding hydrogens is 362 g/mol. The van der Waals surface area contributed by atoms with E-state index < -0.39 is 0 Å². The maximum absolute atomic E-state index is 12.8. The zero-order valence-electron chi connectivity index (χ0n) is 15.3. The van der Waals surface area contributed by atoms with Crippen LogP contribution in [0.5, 0.6) is 5.75 Å². The molecule has 0 spiro atoms. The van der Waals surface area contributed by atoms with Gasteiger partial charge in [0.15, 0.2) is 6.61 Å². The van der Waals surface area contributed by atoms with E-state index in [0.29, 0.717) is 18.3 Å². The fourth-order valence-corrected chi connectivity index (χ4v) is 4.07. The third kappa shape index (κ3) is 3.60. The molecule has 7 heteroatoms. The van der Waals surface area contributed by atoms with Crippen LogP contribution in [0.15, 0.2) is 39.4 Å². The molecule has 3 aromatic rings. The van der Waals surface area contributed by atoms with E-state index in [-0.39, 0.29) is 18.6 Å². The molecule has 140 valence electrons. The molecule has 1 aromatic carbocycles. The third-order valence-corrected chi connectivity index (χ3v) is 5.50. The first kappa shape index (κ1) is 17.7. The maximum Gasteiger partial charge on any atom is 0.261 e. The third-order valence-electron chi connectivity index (χ3n) is 4.82. The SMILES string of the molecule is Cc1cccc(C)c1OCC(=O)N1CCCC1c1nnc(-c2ccsc2)o1. The van der Waals surface area contributed by atoms with Crippen LogP contribution in [0, 0.1) is 13.8 Å². The largest absolute Gasteiger partial charge is 0.483 e. The van der Waals surface area contributed by atoms with E-state index in [1.54, 1.807) is 16.2 Å². The van der Waals surface area contributed by atoms with Crippen LogP contribution in [0.4, 0.5) is 0 Å². The number of likely N-dealkylation sites (tertiary alicyclic amines) is 1. The number of rotatable bonds is 5. The number of para-hydroxylation sites is 1. The predicted molar refractivity (Wildman–Crippen MR) is 103 cm³/mol. The summed E-state index contributed by atoms with van der Waals surface area (Å²) in [4.78, 5) is 14.6. The van der Waals surface area contributed by atoms with Gasteiger partial charge in [-0.1, -0.05) is 18.2 Å². The van der Waals surface area contributed by atoms with E-state index in [1.807, 2.05) is 48.9 Å². The maximum atomic E-state index is 12.8. The molecule has 0 bridgehead atoms. The van der Waals surface area contributed by atoms with Gasteiger partial charge in [0.2, 0.25) is 11.8 Å². The van der Waals surface area contributed by atoms with Gasteiger partial charge in [0, 0.05) is 17.5 Å². The molecule has 1 atom stereocenters. The molecule has 2 aromatic heterocycles. The van der Waals surface area contributed by atoms with E-state index in [4.69, 9.17) is 9.15 Å². The highest BCUT2D eigenvalue weighted by molar-refractivity contribution is 7.08. The molecule has 0 radical (unpaired) electrons. The van der Waals surface area contributed by atoms with E-state index in [9.17, 15) is 4.79 Å². The first-order valence-electron chi connectivity index (χ1n) is 8.98. The highest BCUT2D eigenvalue weighted by Crippen LogP contribution is 2.33. The van der Waals surface area contributed by atoms with Crippen molar-refractivity contribution in [3.8, 4) is 17.2 Å². The van der Waals surface area contributed by atoms with Crippen molar-refractivity contribution < 1.29 is 13.9 Å². The second-order valence-electron chi connectivity index (χ2n) is 6.71. The number of hydrogen-bond donors (Lipinski definition) is 0. The Labute approximate surface area is 161 Å². The van der Waals surface area contributed by atoms with Crippen molar-refractivity contribution in [1.29, 1.82) is 0 Å². The first-order chi connectivity index (χ1) is 13.1. The van der Waals surface area contributed by atoms with Crippen LogP contribution in [0.2, 0.25) is 0 Å². The van der Waals surface area contributed by atoms with Gasteiger partial charge in [-0.15, -0.1) is 10.2 Å². The summed E-state index contributed by atoms with van der Waals surface area (Å²) in [5.41, 5.74) is 2.96. The van der Waals surface area contributed by atoms with E-state index in [2.05, 4.69) is 10.2 Å². The number of ether oxygens (including phenoxy) is 1. The van der Waals surface area contributed by atoms with Crippen molar-refractivity contribution in [2.24, 2.45) is 0 Å². The number of hydrogen-bond acceptors (Lipinski definition) is 6. The summed E-state index contributed by atoms with van der Waals surface area (Å²) in [7, 11) is 0. The molecular formula is C20H21N3O3S. The molecule has 1 unspecified atom stereocenters. The minimum Gasteiger partial charge on any atom is -0.483 e. The van der Waals surface area contributed by atoms with Crippen molar-refractivity contribution in [2.45, 2.75) is 32.7 Å². The van der Waals surface area contributed by atoms with Crippen LogP contribution in [-0.2, 0) is 4.79 Å². The zero-order chi connectivity index (χ0) is 18.8. The Morgan fingerprint density at radius 3 is 2.85 bits per heavy atom. The molecule has 1 amide bonds. The van der Waals surface area contributed by atoms with E-state index in [0.717, 1.165) is 35.3 Å². The molecule has 0 N–H and O–H groups in total. The lowest BCUT2D eigenvalue weighted by Gasteiger charge is -2.22. The Morgan fingerprint density at radius 2 is 2.11 bits per heavy atom. The van der Waals surface area contributed by atoms with Crippen molar-refractivity contribution in [3.63, 3.8) is 0 Å². The minimum absolute atomic E-state index is 0.00766. The second kappa shape index (κ2) is 7.52. The van der Waals surface area contributed by atoms with Gasteiger partial charge >= 0.3 is 0 Å². The molecule has 1 aliphatic heterocycles. The molecule has 4 rings (SSSR count). The zero-order valence-corrected chi connectivity index (χ0v) is 16.2. The quantitative estimate of drug-likeness (QED) is 0.662. The molecule has 1 fully saturated rings. The topological polar surface area (TPSA) is 68.5 Å². The fourth-order valence-electron chi connectivity index (χ4n) is 3.44. The van der Waals surface area contributed by atoms with Crippen LogP contribution < -0.4 is 4.74 Å². The summed E-state index contributed by atoms with van der Waals surface area (Å²) < 4.78 is 11.7. The Hall–Kier alpha value is -2.67. The molecule has 27 heavy (non-hydrogen) atoms. The van der Waals surface area contributed by atoms with Gasteiger partial charge < -0.3 is 14.1 Å². The number of thiophene rings is 1. The van der Waals surface area contributed by atoms with Crippen molar-refractivity contribution in [3.05, 3.63) is 52.0 Å². The lowest BCUT2D eigenvalue weighted by molar-refractivity contribution is -0.134. The Bertz CT molecular complexity index is 916. The van der Waals surface area contributed by atoms with Crippen molar-refractivity contribution >= 4 is 17.2 Å². The Morgan fingerprint density at radius 1 is 1.30 bits per heavy atom. The highest BCUT2D eigenvalue weighted by atomic mass is 32.1. The molecule has 3 heterocycles. The van der Waals surface area contributed by atoms with Crippen LogP contribution in [-0.4, -0.2) is 34.2 Å². The average molecular weight is 383 g/mol.